The number of halogens is 2. The number of aromatic nitrogens is 2. The number of aldehydes is 1. The van der Waals surface area contributed by atoms with E-state index < -0.39 is 0 Å². The van der Waals surface area contributed by atoms with E-state index in [9.17, 15) is 9.18 Å². The molecule has 5 heteroatoms. The summed E-state index contributed by atoms with van der Waals surface area (Å²) in [5.41, 5.74) is 1.14. The fourth-order valence-electron chi connectivity index (χ4n) is 1.26. The van der Waals surface area contributed by atoms with Crippen LogP contribution in [-0.4, -0.2) is 16.1 Å². The molecule has 76 valence electrons. The Morgan fingerprint density at radius 3 is 2.87 bits per heavy atom. The van der Waals surface area contributed by atoms with Crippen molar-refractivity contribution >= 4 is 28.9 Å². The first kappa shape index (κ1) is 10.3. The molecule has 15 heavy (non-hydrogen) atoms. The molecule has 2 rings (SSSR count). The molecule has 1 aromatic carbocycles. The normalized spacial score (nSPS) is 10.3. The van der Waals surface area contributed by atoms with Gasteiger partial charge in [-0.05, 0) is 46.9 Å². The number of carbonyl (C=O) groups excluding carboxylic acids is 1. The van der Waals surface area contributed by atoms with Crippen molar-refractivity contribution in [1.29, 1.82) is 0 Å². The molecule has 0 amide bonds. The minimum atomic E-state index is -0.303. The van der Waals surface area contributed by atoms with Crippen LogP contribution < -0.4 is 0 Å². The maximum absolute atomic E-state index is 12.9. The first-order valence-electron chi connectivity index (χ1n) is 4.17. The molecule has 0 atom stereocenters. The summed E-state index contributed by atoms with van der Waals surface area (Å²) in [7, 11) is 0. The first-order valence-corrected chi connectivity index (χ1v) is 5.25. The highest BCUT2D eigenvalue weighted by atomic mass is 127. The fourth-order valence-corrected chi connectivity index (χ4v) is 1.96. The lowest BCUT2D eigenvalue weighted by atomic mass is 10.3. The lowest BCUT2D eigenvalue weighted by molar-refractivity contribution is 0.111. The average molecular weight is 316 g/mol. The molecular formula is C10H6FIN2O. The second kappa shape index (κ2) is 4.09. The van der Waals surface area contributed by atoms with Gasteiger partial charge in [0, 0.05) is 3.57 Å². The van der Waals surface area contributed by atoms with Crippen molar-refractivity contribution in [3.8, 4) is 5.69 Å². The van der Waals surface area contributed by atoms with E-state index in [4.69, 9.17) is 0 Å². The van der Waals surface area contributed by atoms with Gasteiger partial charge in [0.1, 0.15) is 11.5 Å². The number of hydrogen-bond acceptors (Lipinski definition) is 2. The van der Waals surface area contributed by atoms with Gasteiger partial charge in [-0.3, -0.25) is 4.79 Å². The van der Waals surface area contributed by atoms with Crippen molar-refractivity contribution in [3.05, 3.63) is 45.5 Å². The third-order valence-electron chi connectivity index (χ3n) is 1.93. The molecular weight excluding hydrogens is 310 g/mol. The minimum absolute atomic E-state index is 0.303. The molecule has 0 fully saturated rings. The molecule has 0 aliphatic heterocycles. The van der Waals surface area contributed by atoms with Crippen molar-refractivity contribution in [3.63, 3.8) is 0 Å². The summed E-state index contributed by atoms with van der Waals surface area (Å²) in [6.45, 7) is 0. The molecule has 1 aromatic heterocycles. The van der Waals surface area contributed by atoms with Crippen LogP contribution in [0.5, 0.6) is 0 Å². The summed E-state index contributed by atoms with van der Waals surface area (Å²) in [4.78, 5) is 10.7. The van der Waals surface area contributed by atoms with Crippen LogP contribution in [0.3, 0.4) is 0 Å². The van der Waals surface area contributed by atoms with Crippen LogP contribution in [0.2, 0.25) is 0 Å². The Morgan fingerprint density at radius 2 is 2.20 bits per heavy atom. The summed E-state index contributed by atoms with van der Waals surface area (Å²) < 4.78 is 15.1. The maximum Gasteiger partial charge on any atom is 0.168 e. The zero-order chi connectivity index (χ0) is 10.8. The highest BCUT2D eigenvalue weighted by Crippen LogP contribution is 2.18. The Hall–Kier alpha value is -1.24. The molecule has 2 aromatic rings. The molecule has 0 bridgehead atoms. The molecule has 3 nitrogen and oxygen atoms in total. The van der Waals surface area contributed by atoms with E-state index in [0.29, 0.717) is 21.2 Å². The van der Waals surface area contributed by atoms with Gasteiger partial charge in [0.15, 0.2) is 6.29 Å². The van der Waals surface area contributed by atoms with Gasteiger partial charge in [-0.25, -0.2) is 9.07 Å². The van der Waals surface area contributed by atoms with Gasteiger partial charge in [0.05, 0.1) is 11.9 Å². The predicted octanol–water partition coefficient (Wildman–Crippen LogP) is 2.43. The third kappa shape index (κ3) is 1.92. The lowest BCUT2D eigenvalue weighted by Gasteiger charge is -2.05. The number of hydrogen-bond donors (Lipinski definition) is 0. The van der Waals surface area contributed by atoms with Gasteiger partial charge < -0.3 is 0 Å². The van der Waals surface area contributed by atoms with Gasteiger partial charge in [-0.2, -0.15) is 5.10 Å². The molecule has 0 radical (unpaired) electrons. The standard InChI is InChI=1S/C10H6FIN2O/c11-7-1-2-10(9(12)5-7)14-8(6-15)3-4-13-14/h1-6H. The summed E-state index contributed by atoms with van der Waals surface area (Å²) in [6.07, 6.45) is 2.25. The summed E-state index contributed by atoms with van der Waals surface area (Å²) in [5, 5.41) is 4.01. The molecule has 0 N–H and O–H groups in total. The van der Waals surface area contributed by atoms with Gasteiger partial charge in [0.25, 0.3) is 0 Å². The smallest absolute Gasteiger partial charge is 0.168 e. The van der Waals surface area contributed by atoms with E-state index >= 15 is 0 Å². The zero-order valence-electron chi connectivity index (χ0n) is 7.52. The SMILES string of the molecule is O=Cc1ccnn1-c1ccc(F)cc1I. The number of rotatable bonds is 2. The number of nitrogens with zero attached hydrogens (tertiary/aromatic N) is 2. The van der Waals surface area contributed by atoms with Gasteiger partial charge >= 0.3 is 0 Å². The topological polar surface area (TPSA) is 34.9 Å². The molecule has 0 aliphatic rings. The lowest BCUT2D eigenvalue weighted by Crippen LogP contribution is -2.03. The van der Waals surface area contributed by atoms with Crippen LogP contribution in [-0.2, 0) is 0 Å². The van der Waals surface area contributed by atoms with Crippen molar-refractivity contribution in [2.24, 2.45) is 0 Å². The van der Waals surface area contributed by atoms with Crippen LogP contribution >= 0.6 is 22.6 Å². The van der Waals surface area contributed by atoms with Crippen LogP contribution in [0.15, 0.2) is 30.5 Å². The van der Waals surface area contributed by atoms with Crippen LogP contribution in [0.1, 0.15) is 10.5 Å². The Morgan fingerprint density at radius 1 is 1.40 bits per heavy atom. The molecule has 0 spiro atoms. The third-order valence-corrected chi connectivity index (χ3v) is 2.79. The van der Waals surface area contributed by atoms with Gasteiger partial charge in [0.2, 0.25) is 0 Å². The fraction of sp³-hybridized carbons (Fsp3) is 0. The van der Waals surface area contributed by atoms with E-state index in [0.717, 1.165) is 0 Å². The largest absolute Gasteiger partial charge is 0.296 e. The Bertz CT molecular complexity index is 510. The zero-order valence-corrected chi connectivity index (χ0v) is 9.68. The van der Waals surface area contributed by atoms with Crippen molar-refractivity contribution in [2.75, 3.05) is 0 Å². The molecule has 1 heterocycles. The predicted molar refractivity (Wildman–Crippen MR) is 61.6 cm³/mol. The maximum atomic E-state index is 12.9. The molecule has 0 saturated carbocycles. The summed E-state index contributed by atoms with van der Waals surface area (Å²) >= 11 is 2.00. The summed E-state index contributed by atoms with van der Waals surface area (Å²) in [6, 6.07) is 5.93. The second-order valence-electron chi connectivity index (χ2n) is 2.88. The van der Waals surface area contributed by atoms with E-state index in [1.54, 1.807) is 12.1 Å². The Balaban J connectivity index is 2.59. The van der Waals surface area contributed by atoms with E-state index in [-0.39, 0.29) is 5.82 Å². The van der Waals surface area contributed by atoms with Crippen LogP contribution in [0.25, 0.3) is 5.69 Å². The van der Waals surface area contributed by atoms with E-state index in [1.807, 2.05) is 22.6 Å². The Labute approximate surface area is 99.0 Å². The van der Waals surface area contributed by atoms with E-state index in [2.05, 4.69) is 5.10 Å². The van der Waals surface area contributed by atoms with Crippen molar-refractivity contribution < 1.29 is 9.18 Å². The van der Waals surface area contributed by atoms with Gasteiger partial charge in [-0.15, -0.1) is 0 Å². The molecule has 0 unspecified atom stereocenters. The number of carbonyl (C=O) groups is 1. The van der Waals surface area contributed by atoms with Crippen LogP contribution in [0, 0.1) is 9.39 Å². The second-order valence-corrected chi connectivity index (χ2v) is 4.04. The van der Waals surface area contributed by atoms with Gasteiger partial charge in [-0.1, -0.05) is 0 Å². The summed E-state index contributed by atoms with van der Waals surface area (Å²) in [5.74, 6) is -0.303. The van der Waals surface area contributed by atoms with Crippen molar-refractivity contribution in [2.45, 2.75) is 0 Å². The number of benzene rings is 1. The molecule has 0 saturated heterocycles. The first-order chi connectivity index (χ1) is 7.22. The monoisotopic (exact) mass is 316 g/mol. The van der Waals surface area contributed by atoms with Crippen molar-refractivity contribution in [1.82, 2.24) is 9.78 Å². The van der Waals surface area contributed by atoms with Crippen LogP contribution in [0.4, 0.5) is 4.39 Å². The minimum Gasteiger partial charge on any atom is -0.296 e. The highest BCUT2D eigenvalue weighted by Gasteiger charge is 2.07. The highest BCUT2D eigenvalue weighted by molar-refractivity contribution is 14.1. The quantitative estimate of drug-likeness (QED) is 0.630. The average Bonchev–Trinajstić information content (AvgIpc) is 2.65. The van der Waals surface area contributed by atoms with E-state index in [1.165, 1.54) is 23.0 Å². The Kier molecular flexibility index (Phi) is 2.81. The molecule has 0 aliphatic carbocycles.